The van der Waals surface area contributed by atoms with E-state index in [1.165, 1.54) is 12.6 Å². The highest BCUT2D eigenvalue weighted by Crippen LogP contribution is 2.28. The lowest BCUT2D eigenvalue weighted by atomic mass is 10.1. The number of fused-ring (bicyclic) bond motifs is 1. The molecule has 5 heteroatoms. The van der Waals surface area contributed by atoms with Crippen molar-refractivity contribution < 1.29 is 9.53 Å². The molecular formula is C16H19N3O2. The fraction of sp³-hybridized carbons (Fsp3) is 0.375. The Morgan fingerprint density at radius 1 is 1.43 bits per heavy atom. The van der Waals surface area contributed by atoms with Crippen molar-refractivity contribution in [2.24, 2.45) is 11.7 Å². The number of rotatable bonds is 5. The Balaban J connectivity index is 1.83. The monoisotopic (exact) mass is 285 g/mol. The van der Waals surface area contributed by atoms with Crippen LogP contribution in [-0.4, -0.2) is 30.6 Å². The lowest BCUT2D eigenvalue weighted by Gasteiger charge is -2.14. The number of nitrogens with one attached hydrogen (secondary N) is 1. The van der Waals surface area contributed by atoms with E-state index in [1.807, 2.05) is 24.3 Å². The Labute approximate surface area is 123 Å². The molecule has 1 unspecified atom stereocenters. The van der Waals surface area contributed by atoms with Crippen molar-refractivity contribution in [2.75, 3.05) is 19.7 Å². The Morgan fingerprint density at radius 2 is 2.29 bits per heavy atom. The van der Waals surface area contributed by atoms with Crippen LogP contribution in [0.25, 0.3) is 10.9 Å². The summed E-state index contributed by atoms with van der Waals surface area (Å²) in [6.45, 7) is 2.71. The second kappa shape index (κ2) is 6.10. The summed E-state index contributed by atoms with van der Waals surface area (Å²) in [5.41, 5.74) is 6.58. The normalized spacial score (nSPS) is 18.0. The van der Waals surface area contributed by atoms with Crippen molar-refractivity contribution in [1.82, 2.24) is 10.3 Å². The molecule has 0 radical (unpaired) electrons. The number of pyridine rings is 1. The van der Waals surface area contributed by atoms with Crippen molar-refractivity contribution in [3.05, 3.63) is 36.0 Å². The van der Waals surface area contributed by atoms with Gasteiger partial charge in [0.25, 0.3) is 5.91 Å². The topological polar surface area (TPSA) is 77.2 Å². The largest absolute Gasteiger partial charge is 0.492 e. The van der Waals surface area contributed by atoms with Gasteiger partial charge in [-0.1, -0.05) is 12.1 Å². The van der Waals surface area contributed by atoms with Crippen molar-refractivity contribution in [2.45, 2.75) is 12.8 Å². The average Bonchev–Trinajstić information content (AvgIpc) is 3.00. The van der Waals surface area contributed by atoms with Gasteiger partial charge in [-0.25, -0.2) is 0 Å². The van der Waals surface area contributed by atoms with Gasteiger partial charge in [-0.2, -0.15) is 0 Å². The zero-order chi connectivity index (χ0) is 14.7. The van der Waals surface area contributed by atoms with Gasteiger partial charge in [0.1, 0.15) is 11.3 Å². The van der Waals surface area contributed by atoms with Gasteiger partial charge in [-0.15, -0.1) is 0 Å². The minimum atomic E-state index is -0.509. The minimum absolute atomic E-state index is 0.346. The molecule has 5 nitrogen and oxygen atoms in total. The van der Waals surface area contributed by atoms with E-state index >= 15 is 0 Å². The minimum Gasteiger partial charge on any atom is -0.492 e. The molecule has 2 heterocycles. The number of aromatic nitrogens is 1. The highest BCUT2D eigenvalue weighted by Gasteiger charge is 2.17. The molecule has 1 fully saturated rings. The van der Waals surface area contributed by atoms with Crippen LogP contribution in [0.3, 0.4) is 0 Å². The predicted molar refractivity (Wildman–Crippen MR) is 81.3 cm³/mol. The number of ether oxygens (including phenoxy) is 1. The van der Waals surface area contributed by atoms with Gasteiger partial charge in [0.2, 0.25) is 0 Å². The number of primary amides is 1. The molecule has 1 saturated heterocycles. The maximum absolute atomic E-state index is 11.6. The molecule has 0 saturated carbocycles. The number of hydrogen-bond donors (Lipinski definition) is 2. The van der Waals surface area contributed by atoms with E-state index in [4.69, 9.17) is 10.5 Å². The lowest BCUT2D eigenvalue weighted by molar-refractivity contribution is 0.0996. The van der Waals surface area contributed by atoms with Crippen LogP contribution in [-0.2, 0) is 0 Å². The van der Waals surface area contributed by atoms with Crippen LogP contribution in [0.15, 0.2) is 30.5 Å². The van der Waals surface area contributed by atoms with E-state index in [0.717, 1.165) is 30.4 Å². The molecule has 110 valence electrons. The SMILES string of the molecule is NC(=O)c1cnc2ccccc2c1OCCC1CCNC1. The first-order valence-corrected chi connectivity index (χ1v) is 7.27. The maximum atomic E-state index is 11.6. The molecule has 1 atom stereocenters. The molecule has 3 rings (SSSR count). The predicted octanol–water partition coefficient (Wildman–Crippen LogP) is 1.71. The summed E-state index contributed by atoms with van der Waals surface area (Å²) in [5, 5.41) is 4.17. The molecule has 1 aliphatic rings. The van der Waals surface area contributed by atoms with Gasteiger partial charge in [-0.3, -0.25) is 9.78 Å². The first kappa shape index (κ1) is 13.8. The van der Waals surface area contributed by atoms with Crippen molar-refractivity contribution >= 4 is 16.8 Å². The molecule has 1 aromatic carbocycles. The quantitative estimate of drug-likeness (QED) is 0.876. The summed E-state index contributed by atoms with van der Waals surface area (Å²) in [4.78, 5) is 15.8. The van der Waals surface area contributed by atoms with Crippen LogP contribution in [0.1, 0.15) is 23.2 Å². The molecule has 2 aromatic rings. The molecule has 1 amide bonds. The molecule has 0 bridgehead atoms. The molecular weight excluding hydrogens is 266 g/mol. The molecule has 0 aliphatic carbocycles. The number of benzene rings is 1. The van der Waals surface area contributed by atoms with Crippen molar-refractivity contribution in [3.8, 4) is 5.75 Å². The average molecular weight is 285 g/mol. The Morgan fingerprint density at radius 3 is 3.05 bits per heavy atom. The second-order valence-electron chi connectivity index (χ2n) is 5.38. The number of hydrogen-bond acceptors (Lipinski definition) is 4. The number of para-hydroxylation sites is 1. The van der Waals surface area contributed by atoms with Gasteiger partial charge < -0.3 is 15.8 Å². The van der Waals surface area contributed by atoms with Crippen LogP contribution in [0.2, 0.25) is 0 Å². The fourth-order valence-electron chi connectivity index (χ4n) is 2.74. The summed E-state index contributed by atoms with van der Waals surface area (Å²) in [6.07, 6.45) is 3.65. The number of nitrogens with zero attached hydrogens (tertiary/aromatic N) is 1. The number of carbonyl (C=O) groups excluding carboxylic acids is 1. The summed E-state index contributed by atoms with van der Waals surface area (Å²) in [5.74, 6) is 0.694. The van der Waals surface area contributed by atoms with E-state index in [-0.39, 0.29) is 0 Å². The Bertz CT molecular complexity index is 651. The van der Waals surface area contributed by atoms with Gasteiger partial charge in [0.05, 0.1) is 12.1 Å². The van der Waals surface area contributed by atoms with Crippen LogP contribution in [0, 0.1) is 5.92 Å². The van der Waals surface area contributed by atoms with E-state index in [1.54, 1.807) is 0 Å². The summed E-state index contributed by atoms with van der Waals surface area (Å²) < 4.78 is 5.91. The standard InChI is InChI=1S/C16H19N3O2/c17-16(20)13-10-19-14-4-2-1-3-12(14)15(13)21-8-6-11-5-7-18-9-11/h1-4,10-11,18H,5-9H2,(H2,17,20). The first-order chi connectivity index (χ1) is 10.3. The van der Waals surface area contributed by atoms with Crippen LogP contribution < -0.4 is 15.8 Å². The summed E-state index contributed by atoms with van der Waals surface area (Å²) in [6, 6.07) is 7.62. The third-order valence-corrected chi connectivity index (χ3v) is 3.93. The number of amides is 1. The fourth-order valence-corrected chi connectivity index (χ4v) is 2.74. The van der Waals surface area contributed by atoms with E-state index in [2.05, 4.69) is 10.3 Å². The van der Waals surface area contributed by atoms with Gasteiger partial charge in [0, 0.05) is 11.6 Å². The third-order valence-electron chi connectivity index (χ3n) is 3.93. The zero-order valence-corrected chi connectivity index (χ0v) is 11.8. The smallest absolute Gasteiger partial charge is 0.254 e. The van der Waals surface area contributed by atoms with Gasteiger partial charge in [-0.05, 0) is 44.0 Å². The second-order valence-corrected chi connectivity index (χ2v) is 5.38. The first-order valence-electron chi connectivity index (χ1n) is 7.27. The summed E-state index contributed by atoms with van der Waals surface area (Å²) >= 11 is 0. The Kier molecular flexibility index (Phi) is 4.01. The third kappa shape index (κ3) is 2.97. The van der Waals surface area contributed by atoms with E-state index in [0.29, 0.717) is 23.8 Å². The zero-order valence-electron chi connectivity index (χ0n) is 11.8. The number of carbonyl (C=O) groups is 1. The van der Waals surface area contributed by atoms with Crippen LogP contribution in [0.5, 0.6) is 5.75 Å². The molecule has 1 aromatic heterocycles. The molecule has 21 heavy (non-hydrogen) atoms. The lowest BCUT2D eigenvalue weighted by Crippen LogP contribution is -2.16. The maximum Gasteiger partial charge on any atom is 0.254 e. The summed E-state index contributed by atoms with van der Waals surface area (Å²) in [7, 11) is 0. The highest BCUT2D eigenvalue weighted by atomic mass is 16.5. The van der Waals surface area contributed by atoms with Crippen molar-refractivity contribution in [1.29, 1.82) is 0 Å². The Hall–Kier alpha value is -2.14. The van der Waals surface area contributed by atoms with Crippen LogP contribution >= 0.6 is 0 Å². The van der Waals surface area contributed by atoms with Gasteiger partial charge >= 0.3 is 0 Å². The van der Waals surface area contributed by atoms with Crippen LogP contribution in [0.4, 0.5) is 0 Å². The molecule has 1 aliphatic heterocycles. The molecule has 3 N–H and O–H groups in total. The number of nitrogens with two attached hydrogens (primary N) is 1. The highest BCUT2D eigenvalue weighted by molar-refractivity contribution is 6.01. The molecule has 0 spiro atoms. The van der Waals surface area contributed by atoms with Crippen molar-refractivity contribution in [3.63, 3.8) is 0 Å². The van der Waals surface area contributed by atoms with E-state index in [9.17, 15) is 4.79 Å². The van der Waals surface area contributed by atoms with Gasteiger partial charge in [0.15, 0.2) is 0 Å². The van der Waals surface area contributed by atoms with E-state index < -0.39 is 5.91 Å².